The number of hydrogen-bond donors (Lipinski definition) is 1. The lowest BCUT2D eigenvalue weighted by Gasteiger charge is -2.22. The van der Waals surface area contributed by atoms with Crippen LogP contribution in [0.15, 0.2) is 18.3 Å². The fraction of sp³-hybridized carbons (Fsp3) is 0.500. The third-order valence-corrected chi connectivity index (χ3v) is 2.87. The van der Waals surface area contributed by atoms with Crippen molar-refractivity contribution >= 4 is 17.5 Å². The average Bonchev–Trinajstić information content (AvgIpc) is 2.26. The molecule has 0 aliphatic carbocycles. The molecule has 0 radical (unpaired) electrons. The number of amides is 1. The molecule has 0 bridgehead atoms. The minimum atomic E-state index is -0.177. The van der Waals surface area contributed by atoms with E-state index in [9.17, 15) is 4.79 Å². The number of carbonyl (C=O) groups excluding carboxylic acids is 1. The molecule has 88 valence electrons. The third-order valence-electron chi connectivity index (χ3n) is 2.64. The second kappa shape index (κ2) is 5.30. The van der Waals surface area contributed by atoms with Gasteiger partial charge in [0, 0.05) is 17.8 Å². The van der Waals surface area contributed by atoms with E-state index in [0.29, 0.717) is 17.3 Å². The van der Waals surface area contributed by atoms with E-state index in [2.05, 4.69) is 31.1 Å². The van der Waals surface area contributed by atoms with Gasteiger partial charge in [0.25, 0.3) is 5.91 Å². The van der Waals surface area contributed by atoms with Gasteiger partial charge in [0.15, 0.2) is 0 Å². The summed E-state index contributed by atoms with van der Waals surface area (Å²) in [6.07, 6.45) is 2.54. The number of aromatic nitrogens is 1. The highest BCUT2D eigenvalue weighted by atomic mass is 35.5. The van der Waals surface area contributed by atoms with Crippen LogP contribution in [0.4, 0.5) is 0 Å². The number of carbonyl (C=O) groups is 1. The second-order valence-corrected chi connectivity index (χ2v) is 5.00. The molecule has 4 heteroatoms. The molecule has 16 heavy (non-hydrogen) atoms. The summed E-state index contributed by atoms with van der Waals surface area (Å²) in [7, 11) is 0. The lowest BCUT2D eigenvalue weighted by molar-refractivity contribution is 0.0930. The maximum atomic E-state index is 11.7. The molecule has 0 spiro atoms. The molecule has 3 nitrogen and oxygen atoms in total. The predicted octanol–water partition coefficient (Wildman–Crippen LogP) is 2.90. The van der Waals surface area contributed by atoms with Crippen LogP contribution < -0.4 is 5.32 Å². The van der Waals surface area contributed by atoms with Crippen LogP contribution in [-0.2, 0) is 0 Å². The van der Waals surface area contributed by atoms with E-state index in [4.69, 9.17) is 11.6 Å². The lowest BCUT2D eigenvalue weighted by atomic mass is 9.90. The van der Waals surface area contributed by atoms with Gasteiger partial charge in [-0.3, -0.25) is 9.78 Å². The predicted molar refractivity (Wildman–Crippen MR) is 65.7 cm³/mol. The largest absolute Gasteiger partial charge is 0.350 e. The van der Waals surface area contributed by atoms with Gasteiger partial charge in [-0.05, 0) is 24.0 Å². The Balaban J connectivity index is 2.60. The minimum absolute atomic E-state index is 0.105. The quantitative estimate of drug-likeness (QED) is 0.879. The standard InChI is InChI=1S/C12H17ClN2O/c1-4-12(2,3)8-15-11(16)10-7-9(13)5-6-14-10/h5-7H,4,8H2,1-3H3,(H,15,16). The zero-order valence-corrected chi connectivity index (χ0v) is 10.6. The highest BCUT2D eigenvalue weighted by Crippen LogP contribution is 2.18. The van der Waals surface area contributed by atoms with E-state index in [1.165, 1.54) is 6.20 Å². The maximum absolute atomic E-state index is 11.7. The molecule has 0 saturated heterocycles. The summed E-state index contributed by atoms with van der Waals surface area (Å²) in [5.74, 6) is -0.177. The van der Waals surface area contributed by atoms with Gasteiger partial charge in [-0.1, -0.05) is 32.4 Å². The van der Waals surface area contributed by atoms with Gasteiger partial charge in [-0.15, -0.1) is 0 Å². The molecule has 1 heterocycles. The van der Waals surface area contributed by atoms with E-state index in [0.717, 1.165) is 6.42 Å². The second-order valence-electron chi connectivity index (χ2n) is 4.56. The van der Waals surface area contributed by atoms with E-state index >= 15 is 0 Å². The summed E-state index contributed by atoms with van der Waals surface area (Å²) >= 11 is 5.79. The molecule has 0 aromatic carbocycles. The number of nitrogens with zero attached hydrogens (tertiary/aromatic N) is 1. The van der Waals surface area contributed by atoms with Gasteiger partial charge < -0.3 is 5.32 Å². The number of hydrogen-bond acceptors (Lipinski definition) is 2. The summed E-state index contributed by atoms with van der Waals surface area (Å²) in [4.78, 5) is 15.7. The van der Waals surface area contributed by atoms with Crippen molar-refractivity contribution in [2.75, 3.05) is 6.54 Å². The van der Waals surface area contributed by atoms with Crippen LogP contribution in [0.1, 0.15) is 37.7 Å². The fourth-order valence-electron chi connectivity index (χ4n) is 1.06. The van der Waals surface area contributed by atoms with Crippen molar-refractivity contribution in [2.45, 2.75) is 27.2 Å². The zero-order chi connectivity index (χ0) is 12.2. The van der Waals surface area contributed by atoms with Gasteiger partial charge in [0.05, 0.1) is 0 Å². The van der Waals surface area contributed by atoms with Crippen molar-refractivity contribution in [1.82, 2.24) is 10.3 Å². The summed E-state index contributed by atoms with van der Waals surface area (Å²) in [5.41, 5.74) is 0.466. The highest BCUT2D eigenvalue weighted by Gasteiger charge is 2.17. The van der Waals surface area contributed by atoms with Crippen LogP contribution in [-0.4, -0.2) is 17.4 Å². The molecule has 0 unspecified atom stereocenters. The Bertz CT molecular complexity index is 377. The van der Waals surface area contributed by atoms with Crippen molar-refractivity contribution in [2.24, 2.45) is 5.41 Å². The van der Waals surface area contributed by atoms with E-state index in [-0.39, 0.29) is 11.3 Å². The Morgan fingerprint density at radius 1 is 1.56 bits per heavy atom. The molecule has 0 aliphatic rings. The minimum Gasteiger partial charge on any atom is -0.350 e. The smallest absolute Gasteiger partial charge is 0.269 e. The molecular formula is C12H17ClN2O. The highest BCUT2D eigenvalue weighted by molar-refractivity contribution is 6.30. The Hall–Kier alpha value is -1.09. The first-order chi connectivity index (χ1) is 7.44. The summed E-state index contributed by atoms with van der Waals surface area (Å²) in [5, 5.41) is 3.38. The Labute approximate surface area is 101 Å². The van der Waals surface area contributed by atoms with Gasteiger partial charge in [-0.2, -0.15) is 0 Å². The molecule has 0 saturated carbocycles. The van der Waals surface area contributed by atoms with Crippen LogP contribution >= 0.6 is 11.6 Å². The van der Waals surface area contributed by atoms with Crippen LogP contribution in [0.25, 0.3) is 0 Å². The summed E-state index contributed by atoms with van der Waals surface area (Å²) < 4.78 is 0. The van der Waals surface area contributed by atoms with E-state index in [1.54, 1.807) is 12.1 Å². The van der Waals surface area contributed by atoms with Crippen LogP contribution in [0, 0.1) is 5.41 Å². The zero-order valence-electron chi connectivity index (χ0n) is 9.88. The van der Waals surface area contributed by atoms with Crippen LogP contribution in [0.5, 0.6) is 0 Å². The first-order valence-electron chi connectivity index (χ1n) is 5.34. The van der Waals surface area contributed by atoms with Crippen molar-refractivity contribution in [3.8, 4) is 0 Å². The Kier molecular flexibility index (Phi) is 4.30. The van der Waals surface area contributed by atoms with Gasteiger partial charge in [0.2, 0.25) is 0 Å². The van der Waals surface area contributed by atoms with Crippen LogP contribution in [0.2, 0.25) is 5.02 Å². The molecule has 1 rings (SSSR count). The molecule has 1 aromatic rings. The molecular weight excluding hydrogens is 224 g/mol. The number of nitrogens with one attached hydrogen (secondary N) is 1. The molecule has 1 N–H and O–H groups in total. The topological polar surface area (TPSA) is 42.0 Å². The fourth-order valence-corrected chi connectivity index (χ4v) is 1.22. The van der Waals surface area contributed by atoms with Gasteiger partial charge in [-0.25, -0.2) is 0 Å². The van der Waals surface area contributed by atoms with E-state index in [1.807, 2.05) is 0 Å². The average molecular weight is 241 g/mol. The maximum Gasteiger partial charge on any atom is 0.269 e. The lowest BCUT2D eigenvalue weighted by Crippen LogP contribution is -2.34. The van der Waals surface area contributed by atoms with Crippen molar-refractivity contribution < 1.29 is 4.79 Å². The molecule has 0 atom stereocenters. The molecule has 0 aliphatic heterocycles. The normalized spacial score (nSPS) is 11.2. The Morgan fingerprint density at radius 2 is 2.25 bits per heavy atom. The van der Waals surface area contributed by atoms with E-state index < -0.39 is 0 Å². The van der Waals surface area contributed by atoms with Gasteiger partial charge >= 0.3 is 0 Å². The Morgan fingerprint density at radius 3 is 2.81 bits per heavy atom. The summed E-state index contributed by atoms with van der Waals surface area (Å²) in [6, 6.07) is 3.21. The summed E-state index contributed by atoms with van der Waals surface area (Å²) in [6.45, 7) is 6.96. The number of halogens is 1. The van der Waals surface area contributed by atoms with Gasteiger partial charge in [0.1, 0.15) is 5.69 Å². The SMILES string of the molecule is CCC(C)(C)CNC(=O)c1cc(Cl)ccn1. The number of rotatable bonds is 4. The monoisotopic (exact) mass is 240 g/mol. The molecule has 1 aromatic heterocycles. The molecule has 0 fully saturated rings. The van der Waals surface area contributed by atoms with Crippen molar-refractivity contribution in [1.29, 1.82) is 0 Å². The third kappa shape index (κ3) is 3.81. The van der Waals surface area contributed by atoms with Crippen molar-refractivity contribution in [3.05, 3.63) is 29.0 Å². The number of pyridine rings is 1. The first-order valence-corrected chi connectivity index (χ1v) is 5.72. The first kappa shape index (κ1) is 13.0. The molecule has 1 amide bonds. The van der Waals surface area contributed by atoms with Crippen molar-refractivity contribution in [3.63, 3.8) is 0 Å². The van der Waals surface area contributed by atoms with Crippen LogP contribution in [0.3, 0.4) is 0 Å².